The minimum Gasteiger partial charge on any atom is -0.332 e. The molecule has 0 radical (unpaired) electrons. The van der Waals surface area contributed by atoms with Gasteiger partial charge in [-0.3, -0.25) is 0 Å². The van der Waals surface area contributed by atoms with Crippen LogP contribution in [-0.4, -0.2) is 5.11 Å². The van der Waals surface area contributed by atoms with Gasteiger partial charge in [-0.15, -0.1) is 0 Å². The standard InChI is InChI=1S/C14H11Cl2FN2S/c1-8-12(17)3-2-4-13(8)19-14(20)18-11-6-9(15)5-10(16)7-11/h2-7H,1H3,(H2,18,19,20). The van der Waals surface area contributed by atoms with Crippen molar-refractivity contribution in [1.29, 1.82) is 0 Å². The average Bonchev–Trinajstić information content (AvgIpc) is 2.33. The number of nitrogens with one attached hydrogen (secondary N) is 2. The van der Waals surface area contributed by atoms with Crippen LogP contribution in [0.2, 0.25) is 10.0 Å². The van der Waals surface area contributed by atoms with Gasteiger partial charge >= 0.3 is 0 Å². The second-order valence-electron chi connectivity index (χ2n) is 4.15. The van der Waals surface area contributed by atoms with Crippen LogP contribution in [0.1, 0.15) is 5.56 Å². The summed E-state index contributed by atoms with van der Waals surface area (Å²) in [5.74, 6) is -0.288. The van der Waals surface area contributed by atoms with Crippen molar-refractivity contribution in [2.45, 2.75) is 6.92 Å². The molecule has 0 aliphatic heterocycles. The van der Waals surface area contributed by atoms with E-state index < -0.39 is 0 Å². The highest BCUT2D eigenvalue weighted by Crippen LogP contribution is 2.23. The molecular formula is C14H11Cl2FN2S. The van der Waals surface area contributed by atoms with Crippen LogP contribution >= 0.6 is 35.4 Å². The first-order chi connectivity index (χ1) is 9.45. The summed E-state index contributed by atoms with van der Waals surface area (Å²) >= 11 is 17.0. The number of hydrogen-bond donors (Lipinski definition) is 2. The minimum absolute atomic E-state index is 0.288. The first kappa shape index (κ1) is 15.0. The minimum atomic E-state index is -0.288. The third-order valence-electron chi connectivity index (χ3n) is 2.64. The number of benzene rings is 2. The van der Waals surface area contributed by atoms with E-state index >= 15 is 0 Å². The van der Waals surface area contributed by atoms with Gasteiger partial charge in [-0.2, -0.15) is 0 Å². The van der Waals surface area contributed by atoms with Gasteiger partial charge in [-0.1, -0.05) is 29.3 Å². The van der Waals surface area contributed by atoms with Gasteiger partial charge < -0.3 is 10.6 Å². The smallest absolute Gasteiger partial charge is 0.175 e. The van der Waals surface area contributed by atoms with Crippen molar-refractivity contribution in [3.8, 4) is 0 Å². The summed E-state index contributed by atoms with van der Waals surface area (Å²) in [5, 5.41) is 7.22. The van der Waals surface area contributed by atoms with Crippen LogP contribution in [0, 0.1) is 12.7 Å². The summed E-state index contributed by atoms with van der Waals surface area (Å²) in [5.41, 5.74) is 1.77. The molecule has 0 aliphatic rings. The van der Waals surface area contributed by atoms with Crippen molar-refractivity contribution in [2.75, 3.05) is 10.6 Å². The Labute approximate surface area is 131 Å². The maximum Gasteiger partial charge on any atom is 0.175 e. The molecule has 0 spiro atoms. The van der Waals surface area contributed by atoms with Crippen molar-refractivity contribution >= 4 is 51.9 Å². The highest BCUT2D eigenvalue weighted by atomic mass is 35.5. The fraction of sp³-hybridized carbons (Fsp3) is 0.0714. The summed E-state index contributed by atoms with van der Waals surface area (Å²) in [6, 6.07) is 9.77. The van der Waals surface area contributed by atoms with Crippen LogP contribution in [0.3, 0.4) is 0 Å². The van der Waals surface area contributed by atoms with E-state index in [1.54, 1.807) is 37.3 Å². The van der Waals surface area contributed by atoms with Gasteiger partial charge in [0.1, 0.15) is 5.82 Å². The van der Waals surface area contributed by atoms with Gasteiger partial charge in [-0.05, 0) is 49.5 Å². The SMILES string of the molecule is Cc1c(F)cccc1NC(=S)Nc1cc(Cl)cc(Cl)c1. The predicted octanol–water partition coefficient (Wildman–Crippen LogP) is 5.25. The van der Waals surface area contributed by atoms with Crippen molar-refractivity contribution in [3.63, 3.8) is 0 Å². The van der Waals surface area contributed by atoms with Crippen molar-refractivity contribution < 1.29 is 4.39 Å². The van der Waals surface area contributed by atoms with Crippen LogP contribution in [0.15, 0.2) is 36.4 Å². The molecule has 6 heteroatoms. The van der Waals surface area contributed by atoms with Crippen LogP contribution in [-0.2, 0) is 0 Å². The molecule has 0 heterocycles. The van der Waals surface area contributed by atoms with E-state index in [-0.39, 0.29) is 5.82 Å². The predicted molar refractivity (Wildman–Crippen MR) is 87.4 cm³/mol. The monoisotopic (exact) mass is 328 g/mol. The maximum atomic E-state index is 13.4. The third-order valence-corrected chi connectivity index (χ3v) is 3.28. The molecule has 0 atom stereocenters. The van der Waals surface area contributed by atoms with E-state index in [2.05, 4.69) is 10.6 Å². The highest BCUT2D eigenvalue weighted by molar-refractivity contribution is 7.80. The molecule has 104 valence electrons. The van der Waals surface area contributed by atoms with Gasteiger partial charge in [0.2, 0.25) is 0 Å². The normalized spacial score (nSPS) is 10.2. The van der Waals surface area contributed by atoms with E-state index in [1.165, 1.54) is 6.07 Å². The molecular weight excluding hydrogens is 318 g/mol. The van der Waals surface area contributed by atoms with Gasteiger partial charge in [-0.25, -0.2) is 4.39 Å². The van der Waals surface area contributed by atoms with Crippen LogP contribution < -0.4 is 10.6 Å². The lowest BCUT2D eigenvalue weighted by atomic mass is 10.2. The zero-order valence-corrected chi connectivity index (χ0v) is 12.8. The second-order valence-corrected chi connectivity index (χ2v) is 5.43. The molecule has 0 aromatic heterocycles. The van der Waals surface area contributed by atoms with E-state index in [4.69, 9.17) is 35.4 Å². The summed E-state index contributed by atoms with van der Waals surface area (Å²) < 4.78 is 13.4. The zero-order chi connectivity index (χ0) is 14.7. The maximum absolute atomic E-state index is 13.4. The first-order valence-corrected chi connectivity index (χ1v) is 6.91. The Morgan fingerprint density at radius 1 is 1.10 bits per heavy atom. The Kier molecular flexibility index (Phi) is 4.81. The van der Waals surface area contributed by atoms with Crippen molar-refractivity contribution in [1.82, 2.24) is 0 Å². The molecule has 2 aromatic carbocycles. The molecule has 0 fully saturated rings. The molecule has 0 amide bonds. The quantitative estimate of drug-likeness (QED) is 0.736. The van der Waals surface area contributed by atoms with Crippen LogP contribution in [0.5, 0.6) is 0 Å². The zero-order valence-electron chi connectivity index (χ0n) is 10.5. The molecule has 0 aliphatic carbocycles. The lowest BCUT2D eigenvalue weighted by Gasteiger charge is -2.13. The first-order valence-electron chi connectivity index (χ1n) is 5.75. The van der Waals surface area contributed by atoms with Crippen LogP contribution in [0.4, 0.5) is 15.8 Å². The van der Waals surface area contributed by atoms with E-state index in [0.29, 0.717) is 32.1 Å². The Morgan fingerprint density at radius 2 is 1.75 bits per heavy atom. The molecule has 0 saturated carbocycles. The Balaban J connectivity index is 2.11. The summed E-state index contributed by atoms with van der Waals surface area (Å²) in [6.45, 7) is 1.68. The van der Waals surface area contributed by atoms with Gasteiger partial charge in [0, 0.05) is 27.0 Å². The topological polar surface area (TPSA) is 24.1 Å². The molecule has 0 saturated heterocycles. The molecule has 0 bridgehead atoms. The second kappa shape index (κ2) is 6.39. The third kappa shape index (κ3) is 3.82. The number of thiocarbonyl (C=S) groups is 1. The molecule has 2 rings (SSSR count). The summed E-state index contributed by atoms with van der Waals surface area (Å²) in [7, 11) is 0. The number of hydrogen-bond acceptors (Lipinski definition) is 1. The van der Waals surface area contributed by atoms with E-state index in [0.717, 1.165) is 0 Å². The van der Waals surface area contributed by atoms with Gasteiger partial charge in [0.15, 0.2) is 5.11 Å². The van der Waals surface area contributed by atoms with Crippen LogP contribution in [0.25, 0.3) is 0 Å². The molecule has 20 heavy (non-hydrogen) atoms. The van der Waals surface area contributed by atoms with Crippen molar-refractivity contribution in [3.05, 3.63) is 57.8 Å². The number of halogens is 3. The fourth-order valence-electron chi connectivity index (χ4n) is 1.65. The Hall–Kier alpha value is -1.36. The molecule has 2 nitrogen and oxygen atoms in total. The summed E-state index contributed by atoms with van der Waals surface area (Å²) in [4.78, 5) is 0. The average molecular weight is 329 g/mol. The molecule has 2 aromatic rings. The number of rotatable bonds is 2. The van der Waals surface area contributed by atoms with E-state index in [1.807, 2.05) is 0 Å². The Morgan fingerprint density at radius 3 is 2.40 bits per heavy atom. The van der Waals surface area contributed by atoms with Gasteiger partial charge in [0.05, 0.1) is 0 Å². The van der Waals surface area contributed by atoms with Crippen molar-refractivity contribution in [2.24, 2.45) is 0 Å². The lowest BCUT2D eigenvalue weighted by molar-refractivity contribution is 0.619. The number of anilines is 2. The molecule has 0 unspecified atom stereocenters. The van der Waals surface area contributed by atoms with E-state index in [9.17, 15) is 4.39 Å². The summed E-state index contributed by atoms with van der Waals surface area (Å²) in [6.07, 6.45) is 0. The van der Waals surface area contributed by atoms with Gasteiger partial charge in [0.25, 0.3) is 0 Å². The highest BCUT2D eigenvalue weighted by Gasteiger charge is 2.06. The largest absolute Gasteiger partial charge is 0.332 e. The lowest BCUT2D eigenvalue weighted by Crippen LogP contribution is -2.19. The molecule has 2 N–H and O–H groups in total. The fourth-order valence-corrected chi connectivity index (χ4v) is 2.41. The Bertz CT molecular complexity index is 641.